The SMILES string of the molecule is C=C(CO)C1CC[C@]2(C(=O)O)CC[C@]3(C)[C@H](CC[C@@H]4[C@@]5(C)CCC(OC(C)=O)[C@@](C)(C(=O)O)[C@@H]5CC[C@]43C)[C@@H]12. The molecule has 5 aliphatic rings. The van der Waals surface area contributed by atoms with Gasteiger partial charge in [0, 0.05) is 6.92 Å². The van der Waals surface area contributed by atoms with Crippen LogP contribution in [0, 0.1) is 56.7 Å². The Morgan fingerprint density at radius 2 is 1.51 bits per heavy atom. The minimum absolute atomic E-state index is 0.0253. The van der Waals surface area contributed by atoms with E-state index in [1.54, 1.807) is 6.92 Å². The fourth-order valence-electron chi connectivity index (χ4n) is 11.9. The summed E-state index contributed by atoms with van der Waals surface area (Å²) in [4.78, 5) is 37.6. The molecule has 7 heteroatoms. The summed E-state index contributed by atoms with van der Waals surface area (Å²) in [6, 6.07) is 0. The van der Waals surface area contributed by atoms with Gasteiger partial charge in [0.05, 0.1) is 12.0 Å². The summed E-state index contributed by atoms with van der Waals surface area (Å²) >= 11 is 0. The number of carbonyl (C=O) groups excluding carboxylic acids is 1. The third-order valence-electron chi connectivity index (χ3n) is 14.0. The number of aliphatic carboxylic acids is 2. The van der Waals surface area contributed by atoms with Gasteiger partial charge in [0.15, 0.2) is 0 Å². The van der Waals surface area contributed by atoms with Crippen LogP contribution in [0.5, 0.6) is 0 Å². The first-order valence-corrected chi connectivity index (χ1v) is 15.1. The third kappa shape index (κ3) is 3.53. The molecule has 0 amide bonds. The zero-order valence-corrected chi connectivity index (χ0v) is 24.4. The molecule has 0 aromatic rings. The number of carboxylic acid groups (broad SMARTS) is 2. The summed E-state index contributed by atoms with van der Waals surface area (Å²) < 4.78 is 5.65. The first kappa shape index (κ1) is 28.6. The highest BCUT2D eigenvalue weighted by atomic mass is 16.5. The van der Waals surface area contributed by atoms with Crippen LogP contribution < -0.4 is 0 Å². The Balaban J connectivity index is 1.55. The summed E-state index contributed by atoms with van der Waals surface area (Å²) in [7, 11) is 0. The van der Waals surface area contributed by atoms with Gasteiger partial charge in [-0.25, -0.2) is 0 Å². The lowest BCUT2D eigenvalue weighted by Crippen LogP contribution is -2.68. The first-order chi connectivity index (χ1) is 18.1. The van der Waals surface area contributed by atoms with E-state index in [-0.39, 0.29) is 46.5 Å². The number of hydrogen-bond donors (Lipinski definition) is 3. The van der Waals surface area contributed by atoms with Gasteiger partial charge in [-0.15, -0.1) is 0 Å². The number of carbonyl (C=O) groups is 3. The Hall–Kier alpha value is -1.89. The highest BCUT2D eigenvalue weighted by Gasteiger charge is 2.73. The second kappa shape index (κ2) is 9.06. The van der Waals surface area contributed by atoms with Gasteiger partial charge in [-0.05, 0) is 123 Å². The summed E-state index contributed by atoms with van der Waals surface area (Å²) in [5, 5.41) is 31.1. The zero-order valence-electron chi connectivity index (χ0n) is 24.4. The van der Waals surface area contributed by atoms with E-state index < -0.39 is 34.8 Å². The topological polar surface area (TPSA) is 121 Å². The lowest BCUT2D eigenvalue weighted by atomic mass is 9.32. The summed E-state index contributed by atoms with van der Waals surface area (Å²) in [5.41, 5.74) is -1.47. The van der Waals surface area contributed by atoms with Crippen molar-refractivity contribution < 1.29 is 34.4 Å². The Kier molecular flexibility index (Phi) is 6.65. The fourth-order valence-corrected chi connectivity index (χ4v) is 11.9. The predicted octanol–water partition coefficient (Wildman–Crippen LogP) is 5.70. The van der Waals surface area contributed by atoms with Crippen molar-refractivity contribution in [3.05, 3.63) is 12.2 Å². The van der Waals surface area contributed by atoms with Crippen molar-refractivity contribution in [3.63, 3.8) is 0 Å². The molecule has 5 fully saturated rings. The molecule has 0 bridgehead atoms. The summed E-state index contributed by atoms with van der Waals surface area (Å²) in [5.74, 6) is -1.57. The van der Waals surface area contributed by atoms with Crippen molar-refractivity contribution >= 4 is 17.9 Å². The Morgan fingerprint density at radius 1 is 0.821 bits per heavy atom. The molecule has 0 spiro atoms. The quantitative estimate of drug-likeness (QED) is 0.300. The van der Waals surface area contributed by atoms with Gasteiger partial charge in [0.2, 0.25) is 0 Å². The first-order valence-electron chi connectivity index (χ1n) is 15.1. The van der Waals surface area contributed by atoms with E-state index in [1.165, 1.54) is 6.92 Å². The molecule has 5 saturated carbocycles. The normalized spacial score (nSPS) is 50.5. The van der Waals surface area contributed by atoms with Crippen LogP contribution in [0.2, 0.25) is 0 Å². The number of aliphatic hydroxyl groups excluding tert-OH is 1. The minimum atomic E-state index is -1.14. The molecule has 0 heterocycles. The highest BCUT2D eigenvalue weighted by molar-refractivity contribution is 5.77. The molecule has 0 aliphatic heterocycles. The van der Waals surface area contributed by atoms with Gasteiger partial charge in [-0.1, -0.05) is 27.4 Å². The van der Waals surface area contributed by atoms with Crippen molar-refractivity contribution in [2.24, 2.45) is 56.7 Å². The van der Waals surface area contributed by atoms with Crippen LogP contribution in [0.1, 0.15) is 98.8 Å². The summed E-state index contributed by atoms with van der Waals surface area (Å²) in [6.45, 7) is 14.4. The summed E-state index contributed by atoms with van der Waals surface area (Å²) in [6.07, 6.45) is 7.20. The number of hydrogen-bond acceptors (Lipinski definition) is 5. The van der Waals surface area contributed by atoms with Crippen molar-refractivity contribution in [3.8, 4) is 0 Å². The van der Waals surface area contributed by atoms with Crippen LogP contribution in [-0.4, -0.2) is 45.9 Å². The van der Waals surface area contributed by atoms with Crippen LogP contribution in [0.4, 0.5) is 0 Å². The number of ether oxygens (including phenoxy) is 1. The maximum absolute atomic E-state index is 12.9. The maximum Gasteiger partial charge on any atom is 0.313 e. The third-order valence-corrected chi connectivity index (χ3v) is 14.0. The van der Waals surface area contributed by atoms with Crippen LogP contribution in [0.25, 0.3) is 0 Å². The van der Waals surface area contributed by atoms with Gasteiger partial charge in [0.1, 0.15) is 11.5 Å². The molecule has 3 N–H and O–H groups in total. The molecule has 5 rings (SSSR count). The van der Waals surface area contributed by atoms with Gasteiger partial charge >= 0.3 is 17.9 Å². The Morgan fingerprint density at radius 3 is 2.10 bits per heavy atom. The van der Waals surface area contributed by atoms with Crippen molar-refractivity contribution in [2.45, 2.75) is 105 Å². The molecule has 39 heavy (non-hydrogen) atoms. The van der Waals surface area contributed by atoms with E-state index in [4.69, 9.17) is 4.74 Å². The van der Waals surface area contributed by atoms with Gasteiger partial charge in [-0.3, -0.25) is 14.4 Å². The molecule has 2 unspecified atom stereocenters. The molecule has 7 nitrogen and oxygen atoms in total. The molecule has 11 atom stereocenters. The molecule has 5 aliphatic carbocycles. The van der Waals surface area contributed by atoms with Gasteiger partial charge in [-0.2, -0.15) is 0 Å². The van der Waals surface area contributed by atoms with Gasteiger partial charge in [0.25, 0.3) is 0 Å². The molecule has 0 radical (unpaired) electrons. The maximum atomic E-state index is 12.9. The zero-order chi connectivity index (χ0) is 28.8. The molecular weight excluding hydrogens is 496 g/mol. The van der Waals surface area contributed by atoms with Crippen LogP contribution in [-0.2, 0) is 19.1 Å². The second-order valence-electron chi connectivity index (χ2n) is 14.8. The molecule has 0 aromatic heterocycles. The lowest BCUT2D eigenvalue weighted by molar-refractivity contribution is -0.253. The van der Waals surface area contributed by atoms with E-state index in [0.29, 0.717) is 25.2 Å². The number of rotatable bonds is 5. The average Bonchev–Trinajstić information content (AvgIpc) is 3.26. The van der Waals surface area contributed by atoms with Crippen LogP contribution in [0.15, 0.2) is 12.2 Å². The standard InChI is InChI=1S/C32H48O7/c1-18(17-33)20-9-14-32(27(37)38)16-15-29(4)21(25(20)32)7-8-22-28(3)12-11-24(39-19(2)34)31(6,26(35)36)23(28)10-13-30(22,29)5/h20-25,33H,1,7-17H2,2-6H3,(H,35,36)(H,37,38)/t20?,21-,22-,23-,24?,25-,28-,29-,30-,31+,32+/m1/s1. The Bertz CT molecular complexity index is 1080. The number of aliphatic hydroxyl groups is 1. The van der Waals surface area contributed by atoms with E-state index in [2.05, 4.69) is 27.4 Å². The monoisotopic (exact) mass is 544 g/mol. The van der Waals surface area contributed by atoms with Crippen LogP contribution >= 0.6 is 0 Å². The number of esters is 1. The predicted molar refractivity (Wildman–Crippen MR) is 146 cm³/mol. The van der Waals surface area contributed by atoms with Crippen LogP contribution in [0.3, 0.4) is 0 Å². The largest absolute Gasteiger partial charge is 0.481 e. The smallest absolute Gasteiger partial charge is 0.313 e. The Labute approximate surface area is 232 Å². The van der Waals surface area contributed by atoms with E-state index in [0.717, 1.165) is 50.5 Å². The second-order valence-corrected chi connectivity index (χ2v) is 14.8. The molecule has 218 valence electrons. The van der Waals surface area contributed by atoms with Crippen molar-refractivity contribution in [1.29, 1.82) is 0 Å². The fraction of sp³-hybridized carbons (Fsp3) is 0.844. The van der Waals surface area contributed by atoms with E-state index >= 15 is 0 Å². The molecule has 0 saturated heterocycles. The molecular formula is C32H48O7. The lowest BCUT2D eigenvalue weighted by Gasteiger charge is -2.72. The van der Waals surface area contributed by atoms with Crippen molar-refractivity contribution in [2.75, 3.05) is 6.61 Å². The van der Waals surface area contributed by atoms with Gasteiger partial charge < -0.3 is 20.1 Å². The van der Waals surface area contributed by atoms with E-state index in [1.807, 2.05) is 0 Å². The molecule has 0 aromatic carbocycles. The minimum Gasteiger partial charge on any atom is -0.481 e. The number of fused-ring (bicyclic) bond motifs is 7. The highest BCUT2D eigenvalue weighted by Crippen LogP contribution is 2.77. The number of carboxylic acids is 2. The average molecular weight is 545 g/mol. The van der Waals surface area contributed by atoms with Crippen molar-refractivity contribution in [1.82, 2.24) is 0 Å². The van der Waals surface area contributed by atoms with E-state index in [9.17, 15) is 29.7 Å².